The molecule has 0 fully saturated rings. The van der Waals surface area contributed by atoms with Crippen LogP contribution in [0.2, 0.25) is 0 Å². The van der Waals surface area contributed by atoms with Gasteiger partial charge in [0.2, 0.25) is 0 Å². The number of benzene rings is 1. The molecule has 0 heterocycles. The van der Waals surface area contributed by atoms with Crippen molar-refractivity contribution in [3.05, 3.63) is 39.2 Å². The molecule has 1 amide bonds. The summed E-state index contributed by atoms with van der Waals surface area (Å²) >= 11 is 0. The van der Waals surface area contributed by atoms with Crippen molar-refractivity contribution >= 4 is 17.5 Å². The standard InChI is InChI=1S/C12H13N3O4/c1-12(2,13-3)8-19-11(16)14-9-4-6-10(7-5-9)15(17)18/h3-7H,8H2,1-2H3/p+1. The number of amides is 1. The van der Waals surface area contributed by atoms with E-state index in [-0.39, 0.29) is 12.3 Å². The highest BCUT2D eigenvalue weighted by molar-refractivity contribution is 5.84. The Morgan fingerprint density at radius 1 is 1.47 bits per heavy atom. The van der Waals surface area contributed by atoms with Gasteiger partial charge < -0.3 is 4.74 Å². The predicted octanol–water partition coefficient (Wildman–Crippen LogP) is 2.88. The van der Waals surface area contributed by atoms with Crippen molar-refractivity contribution in [3.8, 4) is 6.57 Å². The molecule has 19 heavy (non-hydrogen) atoms. The molecule has 1 aromatic rings. The molecular formula is C12H14N3O4+. The van der Waals surface area contributed by atoms with Crippen LogP contribution in [0.25, 0.3) is 4.85 Å². The fraction of sp³-hybridized carbons (Fsp3) is 0.333. The van der Waals surface area contributed by atoms with Crippen molar-refractivity contribution < 1.29 is 14.5 Å². The van der Waals surface area contributed by atoms with Gasteiger partial charge in [0.15, 0.2) is 6.61 Å². The number of nitrogens with zero attached hydrogens (tertiary/aromatic N) is 2. The van der Waals surface area contributed by atoms with E-state index < -0.39 is 16.6 Å². The van der Waals surface area contributed by atoms with Gasteiger partial charge in [0.25, 0.3) is 12.3 Å². The molecule has 0 saturated heterocycles. The lowest BCUT2D eigenvalue weighted by Gasteiger charge is -2.09. The van der Waals surface area contributed by atoms with Crippen LogP contribution < -0.4 is 5.32 Å². The molecule has 0 bridgehead atoms. The molecule has 0 aromatic heterocycles. The minimum atomic E-state index is -0.675. The maximum Gasteiger partial charge on any atom is 0.411 e. The SMILES string of the molecule is C#[N+]C(C)(C)COC(=O)Nc1ccc([N+](=O)[O-])cc1. The van der Waals surface area contributed by atoms with E-state index in [0.717, 1.165) is 0 Å². The molecule has 0 unspecified atom stereocenters. The fourth-order valence-corrected chi connectivity index (χ4v) is 1.10. The third kappa shape index (κ3) is 4.63. The Kier molecular flexibility index (Phi) is 4.42. The highest BCUT2D eigenvalue weighted by Gasteiger charge is 2.29. The summed E-state index contributed by atoms with van der Waals surface area (Å²) in [7, 11) is 0. The van der Waals surface area contributed by atoms with Gasteiger partial charge in [-0.25, -0.2) is 4.79 Å². The summed E-state index contributed by atoms with van der Waals surface area (Å²) in [5.74, 6) is 0. The minimum Gasteiger partial charge on any atom is -0.441 e. The minimum absolute atomic E-state index is 0.0301. The number of carbonyl (C=O) groups is 1. The van der Waals surface area contributed by atoms with Crippen molar-refractivity contribution in [1.29, 1.82) is 0 Å². The molecule has 0 aliphatic heterocycles. The van der Waals surface area contributed by atoms with Crippen molar-refractivity contribution in [2.24, 2.45) is 0 Å². The molecule has 1 rings (SSSR count). The fourth-order valence-electron chi connectivity index (χ4n) is 1.10. The number of non-ortho nitro benzene ring substituents is 1. The van der Waals surface area contributed by atoms with E-state index in [0.29, 0.717) is 5.69 Å². The van der Waals surface area contributed by atoms with E-state index in [1.807, 2.05) is 0 Å². The summed E-state index contributed by atoms with van der Waals surface area (Å²) in [5.41, 5.74) is -0.313. The lowest BCUT2D eigenvalue weighted by atomic mass is 10.1. The molecule has 100 valence electrons. The maximum absolute atomic E-state index is 11.4. The molecule has 0 spiro atoms. The first-order valence-electron chi connectivity index (χ1n) is 5.44. The summed E-state index contributed by atoms with van der Waals surface area (Å²) in [6, 6.07) is 5.40. The van der Waals surface area contributed by atoms with Gasteiger partial charge in [0, 0.05) is 31.7 Å². The quantitative estimate of drug-likeness (QED) is 0.669. The molecule has 0 aliphatic rings. The van der Waals surface area contributed by atoms with E-state index in [2.05, 4.69) is 10.2 Å². The van der Waals surface area contributed by atoms with Gasteiger partial charge >= 0.3 is 11.6 Å². The van der Waals surface area contributed by atoms with E-state index in [1.165, 1.54) is 24.3 Å². The molecule has 0 aliphatic carbocycles. The Balaban J connectivity index is 2.54. The normalized spacial score (nSPS) is 10.4. The smallest absolute Gasteiger partial charge is 0.411 e. The largest absolute Gasteiger partial charge is 0.441 e. The highest BCUT2D eigenvalue weighted by atomic mass is 16.6. The number of hydrogen-bond acceptors (Lipinski definition) is 4. The number of rotatable bonds is 4. The molecule has 7 heteroatoms. The predicted molar refractivity (Wildman–Crippen MR) is 70.5 cm³/mol. The number of nitrogens with one attached hydrogen (secondary N) is 1. The van der Waals surface area contributed by atoms with Gasteiger partial charge in [0.1, 0.15) is 0 Å². The van der Waals surface area contributed by atoms with Gasteiger partial charge in [-0.05, 0) is 12.1 Å². The van der Waals surface area contributed by atoms with E-state index in [4.69, 9.17) is 11.3 Å². The van der Waals surface area contributed by atoms with Gasteiger partial charge in [0.05, 0.1) is 4.92 Å². The molecule has 0 radical (unpaired) electrons. The van der Waals surface area contributed by atoms with Crippen LogP contribution in [-0.2, 0) is 4.74 Å². The third-order valence-electron chi connectivity index (χ3n) is 2.23. The third-order valence-corrected chi connectivity index (χ3v) is 2.23. The Bertz CT molecular complexity index is 517. The Hall–Kier alpha value is -2.62. The van der Waals surface area contributed by atoms with Crippen LogP contribution in [0.15, 0.2) is 24.3 Å². The first-order valence-corrected chi connectivity index (χ1v) is 5.44. The molecule has 7 nitrogen and oxygen atoms in total. The zero-order valence-electron chi connectivity index (χ0n) is 10.6. The summed E-state index contributed by atoms with van der Waals surface area (Å²) in [6.45, 7) is 8.60. The Morgan fingerprint density at radius 3 is 2.53 bits per heavy atom. The topological polar surface area (TPSA) is 85.8 Å². The van der Waals surface area contributed by atoms with Crippen LogP contribution in [-0.4, -0.2) is 23.2 Å². The molecule has 1 N–H and O–H groups in total. The average Bonchev–Trinajstić information content (AvgIpc) is 2.37. The van der Waals surface area contributed by atoms with Crippen LogP contribution in [0, 0.1) is 16.7 Å². The number of nitro benzene ring substituents is 1. The van der Waals surface area contributed by atoms with Gasteiger partial charge in [-0.2, -0.15) is 0 Å². The lowest BCUT2D eigenvalue weighted by molar-refractivity contribution is -0.384. The van der Waals surface area contributed by atoms with Gasteiger partial charge in [-0.15, -0.1) is 0 Å². The first-order chi connectivity index (χ1) is 8.84. The first kappa shape index (κ1) is 14.4. The molecule has 1 aromatic carbocycles. The van der Waals surface area contributed by atoms with E-state index in [1.54, 1.807) is 13.8 Å². The second-order valence-electron chi connectivity index (χ2n) is 4.45. The van der Waals surface area contributed by atoms with E-state index >= 15 is 0 Å². The second kappa shape index (κ2) is 5.82. The number of anilines is 1. The van der Waals surface area contributed by atoms with E-state index in [9.17, 15) is 14.9 Å². The highest BCUT2D eigenvalue weighted by Crippen LogP contribution is 2.16. The van der Waals surface area contributed by atoms with Crippen LogP contribution in [0.1, 0.15) is 13.8 Å². The van der Waals surface area contributed by atoms with Crippen molar-refractivity contribution in [1.82, 2.24) is 0 Å². The molecule has 0 atom stereocenters. The summed E-state index contributed by atoms with van der Waals surface area (Å²) in [4.78, 5) is 24.9. The molecular weight excluding hydrogens is 250 g/mol. The number of ether oxygens (including phenoxy) is 1. The van der Waals surface area contributed by atoms with Crippen molar-refractivity contribution in [3.63, 3.8) is 0 Å². The Morgan fingerprint density at radius 2 is 2.05 bits per heavy atom. The maximum atomic E-state index is 11.4. The average molecular weight is 264 g/mol. The van der Waals surface area contributed by atoms with Crippen LogP contribution >= 0.6 is 0 Å². The van der Waals surface area contributed by atoms with Crippen LogP contribution in [0.4, 0.5) is 16.2 Å². The van der Waals surface area contributed by atoms with Crippen molar-refractivity contribution in [2.45, 2.75) is 19.4 Å². The molecule has 0 saturated carbocycles. The lowest BCUT2D eigenvalue weighted by Crippen LogP contribution is -2.26. The monoisotopic (exact) mass is 264 g/mol. The van der Waals surface area contributed by atoms with Crippen LogP contribution in [0.5, 0.6) is 0 Å². The number of hydrogen-bond donors (Lipinski definition) is 1. The zero-order chi connectivity index (χ0) is 14.5. The zero-order valence-corrected chi connectivity index (χ0v) is 10.6. The summed E-state index contributed by atoms with van der Waals surface area (Å²) < 4.78 is 4.92. The van der Waals surface area contributed by atoms with Gasteiger partial charge in [-0.3, -0.25) is 15.4 Å². The summed E-state index contributed by atoms with van der Waals surface area (Å²) in [5, 5.41) is 12.9. The van der Waals surface area contributed by atoms with Crippen molar-refractivity contribution in [2.75, 3.05) is 11.9 Å². The van der Waals surface area contributed by atoms with Crippen LogP contribution in [0.3, 0.4) is 0 Å². The van der Waals surface area contributed by atoms with Gasteiger partial charge in [-0.1, -0.05) is 4.85 Å². The number of carbonyl (C=O) groups excluding carboxylic acids is 1. The summed E-state index contributed by atoms with van der Waals surface area (Å²) in [6.07, 6.45) is -0.675. The number of nitro groups is 1. The Labute approximate surface area is 110 Å². The second-order valence-corrected chi connectivity index (χ2v) is 4.45.